The molecule has 1 unspecified atom stereocenters. The maximum Gasteiger partial charge on any atom is 0.461 e. The first kappa shape index (κ1) is 21.7. The van der Waals surface area contributed by atoms with Crippen molar-refractivity contribution in [2.24, 2.45) is 5.10 Å². The second-order valence-corrected chi connectivity index (χ2v) is 9.73. The molecule has 2 aromatic rings. The highest BCUT2D eigenvalue weighted by molar-refractivity contribution is 7.91. The van der Waals surface area contributed by atoms with Gasteiger partial charge in [-0.05, 0) is 38.0 Å². The van der Waals surface area contributed by atoms with Crippen molar-refractivity contribution in [1.29, 1.82) is 0 Å². The van der Waals surface area contributed by atoms with Crippen molar-refractivity contribution in [3.05, 3.63) is 34.5 Å². The third kappa shape index (κ3) is 3.68. The molecule has 0 amide bonds. The zero-order chi connectivity index (χ0) is 22.8. The number of pyridine rings is 1. The minimum absolute atomic E-state index is 0.00668. The van der Waals surface area contributed by atoms with Gasteiger partial charge in [-0.1, -0.05) is 6.92 Å². The summed E-state index contributed by atoms with van der Waals surface area (Å²) < 4.78 is 90.7. The van der Waals surface area contributed by atoms with Gasteiger partial charge in [0.1, 0.15) is 4.90 Å². The summed E-state index contributed by atoms with van der Waals surface area (Å²) in [7, 11) is -3.71. The number of hydrogen-bond donors (Lipinski definition) is 1. The Balaban J connectivity index is 1.86. The Labute approximate surface area is 173 Å². The van der Waals surface area contributed by atoms with E-state index in [9.17, 15) is 30.4 Å². The quantitative estimate of drug-likeness (QED) is 0.688. The van der Waals surface area contributed by atoms with Crippen molar-refractivity contribution in [1.82, 2.24) is 15.0 Å². The second-order valence-electron chi connectivity index (χ2n) is 7.48. The molecule has 7 nitrogen and oxygen atoms in total. The van der Waals surface area contributed by atoms with Gasteiger partial charge in [-0.2, -0.15) is 22.0 Å². The summed E-state index contributed by atoms with van der Waals surface area (Å²) in [6.45, 7) is 3.05. The van der Waals surface area contributed by atoms with Crippen LogP contribution < -0.4 is 15.8 Å². The lowest BCUT2D eigenvalue weighted by atomic mass is 10.2. The largest absolute Gasteiger partial charge is 0.461 e. The number of rotatable bonds is 5. The Morgan fingerprint density at radius 3 is 2.42 bits per heavy atom. The van der Waals surface area contributed by atoms with E-state index in [1.54, 1.807) is 13.0 Å². The summed E-state index contributed by atoms with van der Waals surface area (Å²) in [5.74, 6) is -6.79. The first-order valence-corrected chi connectivity index (χ1v) is 11.1. The Kier molecular flexibility index (Phi) is 4.87. The Morgan fingerprint density at radius 1 is 1.16 bits per heavy atom. The topological polar surface area (TPSA) is 91.3 Å². The molecule has 0 spiro atoms. The normalized spacial score (nSPS) is 19.6. The van der Waals surface area contributed by atoms with Gasteiger partial charge in [0, 0.05) is 11.6 Å². The highest BCUT2D eigenvalue weighted by Gasteiger charge is 2.61. The summed E-state index contributed by atoms with van der Waals surface area (Å²) in [6, 6.07) is 2.37. The van der Waals surface area contributed by atoms with E-state index in [0.29, 0.717) is 5.69 Å². The molecule has 1 saturated carbocycles. The van der Waals surface area contributed by atoms with Crippen LogP contribution in [0.4, 0.5) is 27.8 Å². The van der Waals surface area contributed by atoms with Crippen molar-refractivity contribution >= 4 is 21.7 Å². The monoisotopic (exact) mass is 463 g/mol. The maximum absolute atomic E-state index is 13.7. The molecule has 1 aliphatic carbocycles. The lowest BCUT2D eigenvalue weighted by molar-refractivity contribution is -0.292. The Hall–Kier alpha value is -2.57. The van der Waals surface area contributed by atoms with Crippen LogP contribution in [0, 0.1) is 0 Å². The minimum atomic E-state index is -5.83. The highest BCUT2D eigenvalue weighted by atomic mass is 32.2. The van der Waals surface area contributed by atoms with Gasteiger partial charge in [-0.25, -0.2) is 23.4 Å². The first-order chi connectivity index (χ1) is 14.3. The van der Waals surface area contributed by atoms with Gasteiger partial charge in [0.2, 0.25) is 0 Å². The molecule has 0 aromatic carbocycles. The molecule has 168 valence electrons. The zero-order valence-electron chi connectivity index (χ0n) is 16.4. The van der Waals surface area contributed by atoms with Crippen LogP contribution in [-0.4, -0.2) is 41.3 Å². The smallest absolute Gasteiger partial charge is 0.335 e. The number of alkyl halides is 5. The predicted octanol–water partition coefficient (Wildman–Crippen LogP) is 2.35. The number of fused-ring (bicyclic) bond motifs is 1. The Morgan fingerprint density at radius 2 is 1.84 bits per heavy atom. The fraction of sp³-hybridized carbons (Fsp3) is 0.500. The van der Waals surface area contributed by atoms with Crippen molar-refractivity contribution in [2.45, 2.75) is 55.6 Å². The van der Waals surface area contributed by atoms with Gasteiger partial charge in [-0.15, -0.1) is 5.10 Å². The van der Waals surface area contributed by atoms with Crippen LogP contribution in [0.15, 0.2) is 22.1 Å². The molecule has 0 bridgehead atoms. The molecule has 13 heteroatoms. The number of sulfone groups is 1. The van der Waals surface area contributed by atoms with Gasteiger partial charge in [-0.3, -0.25) is 0 Å². The number of aromatic nitrogens is 3. The number of imidazole rings is 1. The molecule has 0 radical (unpaired) electrons. The van der Waals surface area contributed by atoms with E-state index in [4.69, 9.17) is 0 Å². The Bertz CT molecular complexity index is 1250. The number of aromatic amines is 1. The predicted molar refractivity (Wildman–Crippen MR) is 99.7 cm³/mol. The van der Waals surface area contributed by atoms with Gasteiger partial charge in [0.15, 0.2) is 27.0 Å². The summed E-state index contributed by atoms with van der Waals surface area (Å²) in [4.78, 5) is 9.68. The molecule has 3 heterocycles. The molecule has 2 aliphatic rings. The van der Waals surface area contributed by atoms with Gasteiger partial charge < -0.3 is 4.98 Å². The number of hydrogen-bond acceptors (Lipinski definition) is 6. The number of nitrogens with one attached hydrogen (secondary N) is 1. The maximum atomic E-state index is 13.7. The summed E-state index contributed by atoms with van der Waals surface area (Å²) >= 11 is 0. The van der Waals surface area contributed by atoms with Gasteiger partial charge >= 0.3 is 12.1 Å². The summed E-state index contributed by atoms with van der Waals surface area (Å²) in [5.41, 5.74) is 0.264. The molecule has 0 saturated heterocycles. The molecule has 1 fully saturated rings. The van der Waals surface area contributed by atoms with Crippen LogP contribution in [-0.2, 0) is 15.8 Å². The SMILES string of the molecule is CCS(=O)(=O)c1ccc(C2CC2)nc1N1N=c2nc(C(F)(F)C(F)(F)F)[nH]c2=CC1C. The third-order valence-electron chi connectivity index (χ3n) is 5.15. The average molecular weight is 463 g/mol. The van der Waals surface area contributed by atoms with Gasteiger partial charge in [0.25, 0.3) is 0 Å². The zero-order valence-corrected chi connectivity index (χ0v) is 17.2. The molecular formula is C18H18F5N5O2S. The van der Waals surface area contributed by atoms with E-state index in [1.165, 1.54) is 24.1 Å². The van der Waals surface area contributed by atoms with Crippen LogP contribution >= 0.6 is 0 Å². The third-order valence-corrected chi connectivity index (χ3v) is 6.90. The number of halogens is 5. The van der Waals surface area contributed by atoms with Crippen LogP contribution in [0.3, 0.4) is 0 Å². The fourth-order valence-corrected chi connectivity index (χ4v) is 4.22. The van der Waals surface area contributed by atoms with Crippen LogP contribution in [0.25, 0.3) is 6.08 Å². The molecule has 2 aromatic heterocycles. The first-order valence-electron chi connectivity index (χ1n) is 9.49. The minimum Gasteiger partial charge on any atom is -0.335 e. The van der Waals surface area contributed by atoms with Crippen molar-refractivity contribution in [3.63, 3.8) is 0 Å². The molecule has 1 N–H and O–H groups in total. The molecule has 31 heavy (non-hydrogen) atoms. The van der Waals surface area contributed by atoms with Crippen LogP contribution in [0.1, 0.15) is 44.1 Å². The van der Waals surface area contributed by atoms with E-state index >= 15 is 0 Å². The number of nitrogens with zero attached hydrogens (tertiary/aromatic N) is 4. The number of anilines is 1. The van der Waals surface area contributed by atoms with E-state index in [-0.39, 0.29) is 27.7 Å². The van der Waals surface area contributed by atoms with Gasteiger partial charge in [0.05, 0.1) is 17.1 Å². The van der Waals surface area contributed by atoms with Crippen molar-refractivity contribution in [2.75, 3.05) is 10.8 Å². The van der Waals surface area contributed by atoms with Crippen LogP contribution in [0.2, 0.25) is 0 Å². The van der Waals surface area contributed by atoms with E-state index in [1.807, 2.05) is 4.98 Å². The van der Waals surface area contributed by atoms with Crippen molar-refractivity contribution in [3.8, 4) is 0 Å². The molecule has 1 atom stereocenters. The van der Waals surface area contributed by atoms with E-state index in [2.05, 4.69) is 15.1 Å². The standard InChI is InChI=1S/C18H18F5N5O2S/c1-3-31(29,30)13-7-6-11(10-4-5-10)24-15(13)28-9(2)8-12-14(27-28)26-16(25-12)17(19,20)18(21,22)23/h6-10H,3-5H2,1-2H3,(H,25,26,27). The average Bonchev–Trinajstić information content (AvgIpc) is 3.45. The second kappa shape index (κ2) is 6.97. The lowest BCUT2D eigenvalue weighted by Gasteiger charge is -2.26. The lowest BCUT2D eigenvalue weighted by Crippen LogP contribution is -2.42. The highest BCUT2D eigenvalue weighted by Crippen LogP contribution is 2.42. The molecular weight excluding hydrogens is 445 g/mol. The fourth-order valence-electron chi connectivity index (χ4n) is 3.22. The van der Waals surface area contributed by atoms with E-state index < -0.39 is 39.3 Å². The van der Waals surface area contributed by atoms with Crippen LogP contribution in [0.5, 0.6) is 0 Å². The molecule has 4 rings (SSSR count). The van der Waals surface area contributed by atoms with Crippen molar-refractivity contribution < 1.29 is 30.4 Å². The molecule has 1 aliphatic heterocycles. The summed E-state index contributed by atoms with van der Waals surface area (Å²) in [6.07, 6.45) is -2.67. The number of H-pyrrole nitrogens is 1. The summed E-state index contributed by atoms with van der Waals surface area (Å²) in [5, 5.41) is 5.15. The van der Waals surface area contributed by atoms with E-state index in [0.717, 1.165) is 12.8 Å².